The zero-order valence-electron chi connectivity index (χ0n) is 15.4. The highest BCUT2D eigenvalue weighted by atomic mass is 16.5. The van der Waals surface area contributed by atoms with Crippen molar-refractivity contribution in [1.82, 2.24) is 5.32 Å². The summed E-state index contributed by atoms with van der Waals surface area (Å²) in [6, 6.07) is 16.3. The molecule has 0 radical (unpaired) electrons. The summed E-state index contributed by atoms with van der Waals surface area (Å²) >= 11 is 0. The minimum Gasteiger partial charge on any atom is -0.491 e. The third-order valence-electron chi connectivity index (χ3n) is 4.16. The summed E-state index contributed by atoms with van der Waals surface area (Å²) in [6.45, 7) is 5.51. The standard InChI is InChI=1S/C21H25NO4/c1-15(2)26-18-11-7-8-16(12-18)13-19(23)22-14-21(3,20(24)25)17-9-5-4-6-10-17/h4-12,15H,13-14H2,1-3H3,(H,22,23)(H,24,25). The molecule has 5 nitrogen and oxygen atoms in total. The normalized spacial score (nSPS) is 13.1. The maximum Gasteiger partial charge on any atom is 0.315 e. The van der Waals surface area contributed by atoms with Gasteiger partial charge in [0.15, 0.2) is 0 Å². The van der Waals surface area contributed by atoms with Crippen molar-refractivity contribution in [2.24, 2.45) is 0 Å². The summed E-state index contributed by atoms with van der Waals surface area (Å²) in [7, 11) is 0. The third kappa shape index (κ3) is 5.09. The Hall–Kier alpha value is -2.82. The number of carbonyl (C=O) groups is 2. The predicted molar refractivity (Wildman–Crippen MR) is 100 cm³/mol. The van der Waals surface area contributed by atoms with Crippen LogP contribution >= 0.6 is 0 Å². The molecular formula is C21H25NO4. The number of amides is 1. The van der Waals surface area contributed by atoms with E-state index in [1.54, 1.807) is 31.2 Å². The molecule has 138 valence electrons. The van der Waals surface area contributed by atoms with Crippen LogP contribution in [0.15, 0.2) is 54.6 Å². The highest BCUT2D eigenvalue weighted by molar-refractivity contribution is 5.84. The molecule has 0 aromatic heterocycles. The number of hydrogen-bond acceptors (Lipinski definition) is 3. The lowest BCUT2D eigenvalue weighted by atomic mass is 9.82. The maximum atomic E-state index is 12.3. The Morgan fingerprint density at radius 3 is 2.42 bits per heavy atom. The van der Waals surface area contributed by atoms with Gasteiger partial charge in [-0.1, -0.05) is 42.5 Å². The Balaban J connectivity index is 2.02. The molecule has 0 spiro atoms. The summed E-state index contributed by atoms with van der Waals surface area (Å²) in [4.78, 5) is 24.1. The number of rotatable bonds is 8. The average molecular weight is 355 g/mol. The van der Waals surface area contributed by atoms with Gasteiger partial charge in [-0.2, -0.15) is 0 Å². The molecular weight excluding hydrogens is 330 g/mol. The molecule has 1 unspecified atom stereocenters. The molecule has 0 aliphatic carbocycles. The molecule has 0 aliphatic rings. The van der Waals surface area contributed by atoms with Crippen LogP contribution in [0.25, 0.3) is 0 Å². The average Bonchev–Trinajstić information content (AvgIpc) is 2.60. The fourth-order valence-electron chi connectivity index (χ4n) is 2.63. The minimum absolute atomic E-state index is 0.0212. The van der Waals surface area contributed by atoms with Crippen molar-refractivity contribution in [3.63, 3.8) is 0 Å². The first kappa shape index (κ1) is 19.5. The second-order valence-electron chi connectivity index (χ2n) is 6.77. The number of hydrogen-bond donors (Lipinski definition) is 2. The number of carboxylic acid groups (broad SMARTS) is 1. The first-order valence-electron chi connectivity index (χ1n) is 8.62. The fourth-order valence-corrected chi connectivity index (χ4v) is 2.63. The van der Waals surface area contributed by atoms with Gasteiger partial charge in [0, 0.05) is 6.54 Å². The lowest BCUT2D eigenvalue weighted by Crippen LogP contribution is -2.44. The highest BCUT2D eigenvalue weighted by Gasteiger charge is 2.35. The maximum absolute atomic E-state index is 12.3. The smallest absolute Gasteiger partial charge is 0.315 e. The van der Waals surface area contributed by atoms with Gasteiger partial charge in [0.1, 0.15) is 11.2 Å². The van der Waals surface area contributed by atoms with Crippen molar-refractivity contribution in [2.75, 3.05) is 6.54 Å². The van der Waals surface area contributed by atoms with Crippen LogP contribution in [0.2, 0.25) is 0 Å². The van der Waals surface area contributed by atoms with Gasteiger partial charge in [0.25, 0.3) is 0 Å². The summed E-state index contributed by atoms with van der Waals surface area (Å²) in [6.07, 6.45) is 0.223. The monoisotopic (exact) mass is 355 g/mol. The lowest BCUT2D eigenvalue weighted by Gasteiger charge is -2.25. The molecule has 2 aromatic carbocycles. The number of benzene rings is 2. The second kappa shape index (κ2) is 8.52. The van der Waals surface area contributed by atoms with Crippen molar-refractivity contribution in [3.05, 3.63) is 65.7 Å². The summed E-state index contributed by atoms with van der Waals surface area (Å²) in [5, 5.41) is 12.4. The van der Waals surface area contributed by atoms with E-state index >= 15 is 0 Å². The molecule has 2 aromatic rings. The number of carboxylic acids is 1. The van der Waals surface area contributed by atoms with Gasteiger partial charge >= 0.3 is 5.97 Å². The summed E-state index contributed by atoms with van der Waals surface area (Å²) in [5.41, 5.74) is 0.289. The largest absolute Gasteiger partial charge is 0.491 e. The SMILES string of the molecule is CC(C)Oc1cccc(CC(=O)NCC(C)(C(=O)O)c2ccccc2)c1. The Morgan fingerprint density at radius 1 is 1.12 bits per heavy atom. The Kier molecular flexibility index (Phi) is 6.39. The molecule has 0 heterocycles. The zero-order chi connectivity index (χ0) is 19.2. The Labute approximate surface area is 154 Å². The molecule has 0 aliphatic heterocycles. The topological polar surface area (TPSA) is 75.6 Å². The molecule has 0 saturated carbocycles. The molecule has 0 fully saturated rings. The van der Waals surface area contributed by atoms with Crippen LogP contribution in [-0.2, 0) is 21.4 Å². The molecule has 2 N–H and O–H groups in total. The Morgan fingerprint density at radius 2 is 1.81 bits per heavy atom. The van der Waals surface area contributed by atoms with Crippen molar-refractivity contribution in [2.45, 2.75) is 38.7 Å². The van der Waals surface area contributed by atoms with E-state index in [0.29, 0.717) is 11.3 Å². The zero-order valence-corrected chi connectivity index (χ0v) is 15.4. The van der Waals surface area contributed by atoms with Crippen molar-refractivity contribution in [1.29, 1.82) is 0 Å². The van der Waals surface area contributed by atoms with E-state index in [1.165, 1.54) is 0 Å². The van der Waals surface area contributed by atoms with Crippen molar-refractivity contribution < 1.29 is 19.4 Å². The van der Waals surface area contributed by atoms with E-state index in [1.807, 2.05) is 44.2 Å². The van der Waals surface area contributed by atoms with Crippen LogP contribution in [0.3, 0.4) is 0 Å². The van der Waals surface area contributed by atoms with Gasteiger partial charge in [-0.05, 0) is 44.0 Å². The first-order valence-corrected chi connectivity index (χ1v) is 8.62. The van der Waals surface area contributed by atoms with Gasteiger partial charge in [-0.3, -0.25) is 9.59 Å². The number of carbonyl (C=O) groups excluding carboxylic acids is 1. The fraction of sp³-hybridized carbons (Fsp3) is 0.333. The number of nitrogens with one attached hydrogen (secondary N) is 1. The van der Waals surface area contributed by atoms with Crippen LogP contribution in [0.1, 0.15) is 31.9 Å². The van der Waals surface area contributed by atoms with Crippen LogP contribution in [0.4, 0.5) is 0 Å². The van der Waals surface area contributed by atoms with Crippen LogP contribution in [0, 0.1) is 0 Å². The summed E-state index contributed by atoms with van der Waals surface area (Å²) < 4.78 is 5.63. The predicted octanol–water partition coefficient (Wildman–Crippen LogP) is 3.18. The number of aliphatic carboxylic acids is 1. The van der Waals surface area contributed by atoms with E-state index in [4.69, 9.17) is 4.74 Å². The van der Waals surface area contributed by atoms with E-state index < -0.39 is 11.4 Å². The molecule has 1 atom stereocenters. The van der Waals surface area contributed by atoms with E-state index in [0.717, 1.165) is 5.56 Å². The van der Waals surface area contributed by atoms with Crippen LogP contribution in [-0.4, -0.2) is 29.6 Å². The van der Waals surface area contributed by atoms with Gasteiger partial charge < -0.3 is 15.2 Å². The Bertz CT molecular complexity index is 758. The quantitative estimate of drug-likeness (QED) is 0.763. The van der Waals surface area contributed by atoms with Crippen molar-refractivity contribution in [3.8, 4) is 5.75 Å². The molecule has 1 amide bonds. The minimum atomic E-state index is -1.18. The van der Waals surface area contributed by atoms with E-state index in [2.05, 4.69) is 5.32 Å². The van der Waals surface area contributed by atoms with Crippen molar-refractivity contribution >= 4 is 11.9 Å². The van der Waals surface area contributed by atoms with Crippen LogP contribution < -0.4 is 10.1 Å². The number of ether oxygens (including phenoxy) is 1. The molecule has 0 saturated heterocycles. The molecule has 26 heavy (non-hydrogen) atoms. The third-order valence-corrected chi connectivity index (χ3v) is 4.16. The van der Waals surface area contributed by atoms with Gasteiger partial charge in [0.2, 0.25) is 5.91 Å². The highest BCUT2D eigenvalue weighted by Crippen LogP contribution is 2.23. The van der Waals surface area contributed by atoms with Gasteiger partial charge in [-0.15, -0.1) is 0 Å². The van der Waals surface area contributed by atoms with E-state index in [9.17, 15) is 14.7 Å². The lowest BCUT2D eigenvalue weighted by molar-refractivity contribution is -0.143. The molecule has 2 rings (SSSR count). The molecule has 0 bridgehead atoms. The van der Waals surface area contributed by atoms with Crippen LogP contribution in [0.5, 0.6) is 5.75 Å². The summed E-state index contributed by atoms with van der Waals surface area (Å²) in [5.74, 6) is -0.489. The first-order chi connectivity index (χ1) is 12.3. The van der Waals surface area contributed by atoms with E-state index in [-0.39, 0.29) is 25.0 Å². The molecule has 5 heteroatoms. The van der Waals surface area contributed by atoms with Gasteiger partial charge in [0.05, 0.1) is 12.5 Å². The second-order valence-corrected chi connectivity index (χ2v) is 6.77. The van der Waals surface area contributed by atoms with Gasteiger partial charge in [-0.25, -0.2) is 0 Å².